The number of benzene rings is 1. The van der Waals surface area contributed by atoms with Crippen LogP contribution in [0.2, 0.25) is 0 Å². The molecule has 2 bridgehead atoms. The molecule has 4 heterocycles. The number of amides is 1. The number of pyridine rings is 1. The first-order valence-corrected chi connectivity index (χ1v) is 10.6. The average molecular weight is 375 g/mol. The van der Waals surface area contributed by atoms with Crippen LogP contribution >= 0.6 is 0 Å². The van der Waals surface area contributed by atoms with Gasteiger partial charge in [0.1, 0.15) is 5.69 Å². The van der Waals surface area contributed by atoms with E-state index in [0.717, 1.165) is 12.8 Å². The summed E-state index contributed by atoms with van der Waals surface area (Å²) in [4.78, 5) is 30.2. The summed E-state index contributed by atoms with van der Waals surface area (Å²) in [6.45, 7) is 1.29. The van der Waals surface area contributed by atoms with Gasteiger partial charge in [-0.05, 0) is 30.9 Å². The number of carbonyl (C=O) groups excluding carboxylic acids is 1. The monoisotopic (exact) mass is 375 g/mol. The third kappa shape index (κ3) is 3.03. The van der Waals surface area contributed by atoms with E-state index in [9.17, 15) is 18.0 Å². The lowest BCUT2D eigenvalue weighted by Gasteiger charge is -2.36. The van der Waals surface area contributed by atoms with E-state index in [4.69, 9.17) is 0 Å². The maximum absolute atomic E-state index is 13.1. The van der Waals surface area contributed by atoms with Crippen molar-refractivity contribution in [1.29, 1.82) is 0 Å². The highest BCUT2D eigenvalue weighted by atomic mass is 32.2. The molecule has 0 unspecified atom stereocenters. The zero-order chi connectivity index (χ0) is 18.5. The van der Waals surface area contributed by atoms with E-state index in [1.165, 1.54) is 16.6 Å². The number of aromatic amines is 1. The molecule has 1 aromatic heterocycles. The minimum atomic E-state index is -3.29. The molecule has 3 aliphatic heterocycles. The number of carbonyl (C=O) groups is 1. The number of nitrogens with one attached hydrogen (secondary N) is 1. The van der Waals surface area contributed by atoms with Gasteiger partial charge in [0.05, 0.1) is 6.26 Å². The van der Waals surface area contributed by atoms with Gasteiger partial charge in [0, 0.05) is 42.6 Å². The number of H-pyrrole nitrogens is 1. The fourth-order valence-corrected chi connectivity index (χ4v) is 4.95. The van der Waals surface area contributed by atoms with Gasteiger partial charge in [-0.2, -0.15) is 4.31 Å². The molecule has 1 amide bonds. The number of hydrogen-bond acceptors (Lipinski definition) is 4. The zero-order valence-electron chi connectivity index (χ0n) is 14.5. The number of nitrogens with zero attached hydrogens (tertiary/aromatic N) is 2. The molecule has 0 aliphatic carbocycles. The van der Waals surface area contributed by atoms with E-state index in [0.29, 0.717) is 30.5 Å². The summed E-state index contributed by atoms with van der Waals surface area (Å²) in [7, 11) is -3.29. The van der Waals surface area contributed by atoms with E-state index in [1.807, 2.05) is 6.07 Å². The minimum Gasteiger partial charge on any atom is -0.350 e. The van der Waals surface area contributed by atoms with E-state index in [1.54, 1.807) is 23.1 Å². The number of fused-ring (bicyclic) bond motifs is 5. The van der Waals surface area contributed by atoms with Gasteiger partial charge in [0.2, 0.25) is 10.0 Å². The second kappa shape index (κ2) is 6.21. The Kier molecular flexibility index (Phi) is 4.11. The SMILES string of the molecule is CS(=O)(=O)N1C[C@@H]2CC[C@H](C1)N(C(=O)c1cc(=O)c3ccccc3[nH]1)C2. The van der Waals surface area contributed by atoms with Crippen LogP contribution in [0.3, 0.4) is 0 Å². The first-order valence-electron chi connectivity index (χ1n) is 8.71. The Bertz CT molecular complexity index is 1030. The Balaban J connectivity index is 1.68. The van der Waals surface area contributed by atoms with E-state index < -0.39 is 10.0 Å². The number of piperidine rings is 1. The fourth-order valence-electron chi connectivity index (χ4n) is 4.03. The minimum absolute atomic E-state index is 0.125. The van der Waals surface area contributed by atoms with Crippen LogP contribution in [-0.2, 0) is 10.0 Å². The topological polar surface area (TPSA) is 90.6 Å². The van der Waals surface area contributed by atoms with Crippen molar-refractivity contribution in [2.24, 2.45) is 5.92 Å². The van der Waals surface area contributed by atoms with Crippen molar-refractivity contribution in [3.63, 3.8) is 0 Å². The van der Waals surface area contributed by atoms with Crippen LogP contribution in [0.5, 0.6) is 0 Å². The highest BCUT2D eigenvalue weighted by Gasteiger charge is 2.40. The van der Waals surface area contributed by atoms with Crippen LogP contribution in [0.15, 0.2) is 35.1 Å². The quantitative estimate of drug-likeness (QED) is 0.849. The molecule has 2 aromatic rings. The number of rotatable bonds is 2. The Hall–Kier alpha value is -2.19. The lowest BCUT2D eigenvalue weighted by molar-refractivity contribution is 0.0583. The zero-order valence-corrected chi connectivity index (χ0v) is 15.3. The van der Waals surface area contributed by atoms with Crippen molar-refractivity contribution in [3.05, 3.63) is 46.2 Å². The predicted octanol–water partition coefficient (Wildman–Crippen LogP) is 1.02. The summed E-state index contributed by atoms with van der Waals surface area (Å²) in [6.07, 6.45) is 2.90. The van der Waals surface area contributed by atoms with Gasteiger partial charge in [-0.3, -0.25) is 9.59 Å². The van der Waals surface area contributed by atoms with Gasteiger partial charge in [-0.1, -0.05) is 12.1 Å². The van der Waals surface area contributed by atoms with Crippen molar-refractivity contribution in [2.45, 2.75) is 18.9 Å². The standard InChI is InChI=1S/C18H21N3O4S/c1-26(24,25)20-9-12-6-7-13(11-20)21(10-12)18(23)16-8-17(22)14-4-2-3-5-15(14)19-16/h2-5,8,12-13H,6-7,9-11H2,1H3,(H,19,22)/t12-,13+/m0/s1. The first kappa shape index (κ1) is 17.2. The molecule has 1 N–H and O–H groups in total. The molecule has 2 atom stereocenters. The summed E-state index contributed by atoms with van der Waals surface area (Å²) in [6, 6.07) is 8.27. The third-order valence-electron chi connectivity index (χ3n) is 5.38. The van der Waals surface area contributed by atoms with Crippen molar-refractivity contribution in [3.8, 4) is 0 Å². The fraction of sp³-hybridized carbons (Fsp3) is 0.444. The Labute approximate surface area is 151 Å². The predicted molar refractivity (Wildman–Crippen MR) is 98.5 cm³/mol. The molecule has 5 rings (SSSR count). The summed E-state index contributed by atoms with van der Waals surface area (Å²) >= 11 is 0. The molecule has 3 aliphatic rings. The van der Waals surface area contributed by atoms with Gasteiger partial charge >= 0.3 is 0 Å². The molecule has 26 heavy (non-hydrogen) atoms. The molecule has 1 aromatic carbocycles. The summed E-state index contributed by atoms with van der Waals surface area (Å²) in [5.41, 5.74) is 0.689. The molecule has 138 valence electrons. The summed E-state index contributed by atoms with van der Waals surface area (Å²) in [5, 5.41) is 0.546. The van der Waals surface area contributed by atoms with E-state index in [2.05, 4.69) is 4.98 Å². The van der Waals surface area contributed by atoms with Crippen molar-refractivity contribution in [1.82, 2.24) is 14.2 Å². The lowest BCUT2D eigenvalue weighted by Crippen LogP contribution is -2.48. The Morgan fingerprint density at radius 1 is 1.15 bits per heavy atom. The molecule has 0 spiro atoms. The maximum atomic E-state index is 13.1. The molecule has 0 saturated carbocycles. The number of sulfonamides is 1. The molecule has 3 fully saturated rings. The van der Waals surface area contributed by atoms with Crippen LogP contribution < -0.4 is 5.43 Å². The van der Waals surface area contributed by atoms with Gasteiger partial charge < -0.3 is 9.88 Å². The average Bonchev–Trinajstić information content (AvgIpc) is 2.93. The lowest BCUT2D eigenvalue weighted by atomic mass is 9.94. The second-order valence-corrected chi connectivity index (χ2v) is 9.21. The van der Waals surface area contributed by atoms with Gasteiger partial charge in [0.15, 0.2) is 5.43 Å². The highest BCUT2D eigenvalue weighted by Crippen LogP contribution is 2.30. The van der Waals surface area contributed by atoms with Crippen LogP contribution in [0, 0.1) is 5.92 Å². The number of para-hydroxylation sites is 1. The second-order valence-electron chi connectivity index (χ2n) is 7.23. The van der Waals surface area contributed by atoms with Crippen molar-refractivity contribution >= 4 is 26.8 Å². The molecule has 8 heteroatoms. The highest BCUT2D eigenvalue weighted by molar-refractivity contribution is 7.88. The van der Waals surface area contributed by atoms with E-state index in [-0.39, 0.29) is 29.0 Å². The summed E-state index contributed by atoms with van der Waals surface area (Å²) in [5.74, 6) is -0.113. The van der Waals surface area contributed by atoms with Gasteiger partial charge in [-0.15, -0.1) is 0 Å². The third-order valence-corrected chi connectivity index (χ3v) is 6.61. The smallest absolute Gasteiger partial charge is 0.270 e. The molecule has 7 nitrogen and oxygen atoms in total. The van der Waals surface area contributed by atoms with Crippen LogP contribution in [-0.4, -0.2) is 60.4 Å². The Morgan fingerprint density at radius 2 is 1.92 bits per heavy atom. The largest absolute Gasteiger partial charge is 0.350 e. The molecule has 0 radical (unpaired) electrons. The first-order chi connectivity index (χ1) is 12.3. The van der Waals surface area contributed by atoms with E-state index >= 15 is 0 Å². The maximum Gasteiger partial charge on any atom is 0.270 e. The Morgan fingerprint density at radius 3 is 2.69 bits per heavy atom. The van der Waals surface area contributed by atoms with Gasteiger partial charge in [-0.25, -0.2) is 8.42 Å². The number of hydrogen-bond donors (Lipinski definition) is 1. The summed E-state index contributed by atoms with van der Waals surface area (Å²) < 4.78 is 25.4. The normalized spacial score (nSPS) is 24.0. The van der Waals surface area contributed by atoms with Crippen LogP contribution in [0.25, 0.3) is 10.9 Å². The molecular weight excluding hydrogens is 354 g/mol. The van der Waals surface area contributed by atoms with Crippen molar-refractivity contribution < 1.29 is 13.2 Å². The van der Waals surface area contributed by atoms with Crippen LogP contribution in [0.4, 0.5) is 0 Å². The molecular formula is C18H21N3O4S. The van der Waals surface area contributed by atoms with Crippen molar-refractivity contribution in [2.75, 3.05) is 25.9 Å². The molecule has 3 saturated heterocycles. The van der Waals surface area contributed by atoms with Crippen LogP contribution in [0.1, 0.15) is 23.3 Å². The van der Waals surface area contributed by atoms with Gasteiger partial charge in [0.25, 0.3) is 5.91 Å². The number of aromatic nitrogens is 1.